The van der Waals surface area contributed by atoms with E-state index in [4.69, 9.17) is 9.97 Å². The Labute approximate surface area is 201 Å². The van der Waals surface area contributed by atoms with E-state index >= 15 is 0 Å². The van der Waals surface area contributed by atoms with Crippen LogP contribution in [0, 0.1) is 12.7 Å². The van der Waals surface area contributed by atoms with Gasteiger partial charge in [0.2, 0.25) is 5.95 Å². The molecule has 0 amide bonds. The van der Waals surface area contributed by atoms with Crippen molar-refractivity contribution < 1.29 is 12.8 Å². The molecule has 1 aliphatic carbocycles. The molecule has 1 saturated carbocycles. The van der Waals surface area contributed by atoms with Gasteiger partial charge in [-0.1, -0.05) is 0 Å². The van der Waals surface area contributed by atoms with Crippen molar-refractivity contribution in [2.75, 3.05) is 23.5 Å². The first-order chi connectivity index (χ1) is 16.6. The van der Waals surface area contributed by atoms with Gasteiger partial charge in [-0.2, -0.15) is 25.1 Å². The van der Waals surface area contributed by atoms with Crippen molar-refractivity contribution in [3.63, 3.8) is 0 Å². The van der Waals surface area contributed by atoms with Gasteiger partial charge in [0, 0.05) is 37.7 Å². The predicted octanol–water partition coefficient (Wildman–Crippen LogP) is 3.24. The van der Waals surface area contributed by atoms with Crippen LogP contribution in [0.15, 0.2) is 35.4 Å². The van der Waals surface area contributed by atoms with E-state index in [0.29, 0.717) is 23.0 Å². The van der Waals surface area contributed by atoms with Gasteiger partial charge in [0.25, 0.3) is 0 Å². The van der Waals surface area contributed by atoms with E-state index in [2.05, 4.69) is 25.7 Å². The largest absolute Gasteiger partial charge is 0.323 e. The summed E-state index contributed by atoms with van der Waals surface area (Å²) < 4.78 is 38.7. The number of hydrogen-bond acceptors (Lipinski definition) is 9. The summed E-state index contributed by atoms with van der Waals surface area (Å²) >= 11 is 0. The van der Waals surface area contributed by atoms with E-state index < -0.39 is 15.7 Å². The first kappa shape index (κ1) is 22.9. The van der Waals surface area contributed by atoms with E-state index in [0.717, 1.165) is 36.4 Å². The maximum Gasteiger partial charge on any atom is 0.232 e. The zero-order valence-corrected chi connectivity index (χ0v) is 20.4. The molecular formula is C22H24FN9O2S. The van der Waals surface area contributed by atoms with Gasteiger partial charge in [0.05, 0.1) is 16.8 Å². The molecule has 0 bridgehead atoms. The average molecular weight is 498 g/mol. The highest BCUT2D eigenvalue weighted by atomic mass is 32.2. The highest BCUT2D eigenvalue weighted by molar-refractivity contribution is 7.90. The van der Waals surface area contributed by atoms with Crippen molar-refractivity contribution in [2.24, 2.45) is 7.05 Å². The summed E-state index contributed by atoms with van der Waals surface area (Å²) in [5.41, 5.74) is 3.08. The normalized spacial score (nSPS) is 13.7. The lowest BCUT2D eigenvalue weighted by atomic mass is 10.1. The Morgan fingerprint density at radius 1 is 1.23 bits per heavy atom. The average Bonchev–Trinajstić information content (AvgIpc) is 3.41. The van der Waals surface area contributed by atoms with E-state index in [-0.39, 0.29) is 22.4 Å². The summed E-state index contributed by atoms with van der Waals surface area (Å²) in [5.74, 6) is 0.884. The third-order valence-corrected chi connectivity index (χ3v) is 6.83. The van der Waals surface area contributed by atoms with Crippen LogP contribution in [-0.4, -0.2) is 56.9 Å². The number of aromatic nitrogens is 7. The van der Waals surface area contributed by atoms with E-state index in [9.17, 15) is 12.8 Å². The molecule has 5 rings (SSSR count). The molecular weight excluding hydrogens is 473 g/mol. The van der Waals surface area contributed by atoms with Crippen LogP contribution in [0.1, 0.15) is 30.0 Å². The van der Waals surface area contributed by atoms with Gasteiger partial charge < -0.3 is 10.2 Å². The summed E-state index contributed by atoms with van der Waals surface area (Å²) in [5, 5.41) is 19.1. The van der Waals surface area contributed by atoms with Crippen molar-refractivity contribution in [1.29, 1.82) is 0 Å². The second kappa shape index (κ2) is 8.41. The maximum atomic E-state index is 15.0. The van der Waals surface area contributed by atoms with Gasteiger partial charge in [-0.05, 0) is 43.9 Å². The number of H-pyrrole nitrogens is 1. The highest BCUT2D eigenvalue weighted by Gasteiger charge is 2.33. The number of aromatic amines is 1. The fourth-order valence-corrected chi connectivity index (χ4v) is 4.45. The summed E-state index contributed by atoms with van der Waals surface area (Å²) in [4.78, 5) is 12.3. The SMILES string of the molecule is Cc1cc(Nc2nc(N(C)c3ccc(S(C)(=O)=O)cc3F)nc(-c3cnn(C)n3)c2C2CC2)n[nH]1. The number of nitrogens with zero attached hydrogens (tertiary/aromatic N) is 7. The molecule has 3 aromatic heterocycles. The smallest absolute Gasteiger partial charge is 0.232 e. The number of nitrogens with one attached hydrogen (secondary N) is 2. The van der Waals surface area contributed by atoms with E-state index in [1.807, 2.05) is 13.0 Å². The predicted molar refractivity (Wildman–Crippen MR) is 128 cm³/mol. The Kier molecular flexibility index (Phi) is 5.50. The molecule has 0 unspecified atom stereocenters. The number of sulfone groups is 1. The monoisotopic (exact) mass is 497 g/mol. The molecule has 35 heavy (non-hydrogen) atoms. The molecule has 0 aliphatic heterocycles. The Bertz CT molecular complexity index is 1530. The fourth-order valence-electron chi connectivity index (χ4n) is 3.81. The number of aryl methyl sites for hydroxylation is 2. The molecule has 1 fully saturated rings. The van der Waals surface area contributed by atoms with E-state index in [1.54, 1.807) is 20.3 Å². The highest BCUT2D eigenvalue weighted by Crippen LogP contribution is 2.47. The van der Waals surface area contributed by atoms with Crippen LogP contribution in [0.25, 0.3) is 11.4 Å². The molecule has 13 heteroatoms. The lowest BCUT2D eigenvalue weighted by Crippen LogP contribution is -2.17. The topological polar surface area (TPSA) is 135 Å². The summed E-state index contributed by atoms with van der Waals surface area (Å²) in [7, 11) is -0.208. The van der Waals surface area contributed by atoms with Crippen LogP contribution in [0.5, 0.6) is 0 Å². The minimum Gasteiger partial charge on any atom is -0.323 e. The van der Waals surface area contributed by atoms with Crippen LogP contribution in [0.3, 0.4) is 0 Å². The first-order valence-corrected chi connectivity index (χ1v) is 12.8. The van der Waals surface area contributed by atoms with Gasteiger partial charge in [-0.15, -0.1) is 0 Å². The zero-order chi connectivity index (χ0) is 24.9. The second-order valence-electron chi connectivity index (χ2n) is 8.63. The summed E-state index contributed by atoms with van der Waals surface area (Å²) in [6.45, 7) is 1.90. The Hall–Kier alpha value is -3.87. The lowest BCUT2D eigenvalue weighted by Gasteiger charge is -2.21. The number of benzene rings is 1. The fraction of sp³-hybridized carbons (Fsp3) is 0.318. The first-order valence-electron chi connectivity index (χ1n) is 10.9. The molecule has 11 nitrogen and oxygen atoms in total. The Morgan fingerprint density at radius 2 is 2.00 bits per heavy atom. The van der Waals surface area contributed by atoms with Crippen molar-refractivity contribution >= 4 is 33.1 Å². The number of hydrogen-bond donors (Lipinski definition) is 2. The Balaban J connectivity index is 1.65. The van der Waals surface area contributed by atoms with Crippen LogP contribution in [0.4, 0.5) is 27.7 Å². The standard InChI is InChI=1S/C22H24FN9O2S/c1-12-9-18(29-28-12)25-21-19(13-5-6-13)20(16-11-24-32(3)30-16)26-22(27-21)31(2)17-8-7-14(10-15(17)23)35(4,33)34/h7-11,13H,5-6H2,1-4H3,(H2,25,26,27,28,29). The van der Waals surface area contributed by atoms with Crippen molar-refractivity contribution in [1.82, 2.24) is 35.2 Å². The minimum atomic E-state index is -3.55. The molecule has 182 valence electrons. The van der Waals surface area contributed by atoms with Gasteiger partial charge in [0.15, 0.2) is 15.7 Å². The molecule has 3 heterocycles. The number of halogens is 1. The van der Waals surface area contributed by atoms with Crippen molar-refractivity contribution in [3.8, 4) is 11.4 Å². The Morgan fingerprint density at radius 3 is 2.57 bits per heavy atom. The third-order valence-electron chi connectivity index (χ3n) is 5.72. The van der Waals surface area contributed by atoms with Gasteiger partial charge in [0.1, 0.15) is 23.0 Å². The van der Waals surface area contributed by atoms with Crippen LogP contribution >= 0.6 is 0 Å². The molecule has 2 N–H and O–H groups in total. The van der Waals surface area contributed by atoms with Gasteiger partial charge in [-0.3, -0.25) is 5.10 Å². The quantitative estimate of drug-likeness (QED) is 0.394. The minimum absolute atomic E-state index is 0.103. The van der Waals surface area contributed by atoms with Crippen molar-refractivity contribution in [2.45, 2.75) is 30.6 Å². The lowest BCUT2D eigenvalue weighted by molar-refractivity contribution is 0.596. The number of rotatable bonds is 7. The molecule has 1 aromatic carbocycles. The molecule has 4 aromatic rings. The third kappa shape index (κ3) is 4.58. The molecule has 0 radical (unpaired) electrons. The molecule has 0 atom stereocenters. The van der Waals surface area contributed by atoms with Crippen LogP contribution in [0.2, 0.25) is 0 Å². The molecule has 0 saturated heterocycles. The van der Waals surface area contributed by atoms with Crippen LogP contribution in [-0.2, 0) is 16.9 Å². The van der Waals surface area contributed by atoms with Gasteiger partial charge in [-0.25, -0.2) is 17.8 Å². The van der Waals surface area contributed by atoms with Crippen molar-refractivity contribution in [3.05, 3.63) is 47.5 Å². The summed E-state index contributed by atoms with van der Waals surface area (Å²) in [6, 6.07) is 5.61. The maximum absolute atomic E-state index is 15.0. The molecule has 0 spiro atoms. The van der Waals surface area contributed by atoms with E-state index in [1.165, 1.54) is 21.8 Å². The second-order valence-corrected chi connectivity index (χ2v) is 10.6. The zero-order valence-electron chi connectivity index (χ0n) is 19.6. The van der Waals surface area contributed by atoms with Gasteiger partial charge >= 0.3 is 0 Å². The van der Waals surface area contributed by atoms with Crippen LogP contribution < -0.4 is 10.2 Å². The summed E-state index contributed by atoms with van der Waals surface area (Å²) in [6.07, 6.45) is 4.64. The molecule has 1 aliphatic rings. The number of anilines is 4.